The molecule has 1 unspecified atom stereocenters. The molecule has 2 heterocycles. The summed E-state index contributed by atoms with van der Waals surface area (Å²) < 4.78 is 52.9. The number of guanidine groups is 1. The third kappa shape index (κ3) is 5.09. The maximum absolute atomic E-state index is 14.1. The van der Waals surface area contributed by atoms with Crippen LogP contribution in [-0.2, 0) is 17.8 Å². The maximum Gasteiger partial charge on any atom is 0.191 e. The second-order valence-corrected chi connectivity index (χ2v) is 7.82. The van der Waals surface area contributed by atoms with Gasteiger partial charge in [0.25, 0.3) is 0 Å². The molecule has 0 aromatic heterocycles. The van der Waals surface area contributed by atoms with Crippen LogP contribution in [0.1, 0.15) is 24.5 Å². The molecule has 0 aliphatic carbocycles. The van der Waals surface area contributed by atoms with Crippen LogP contribution in [0.25, 0.3) is 0 Å². The molecule has 2 aliphatic heterocycles. The molecule has 0 radical (unpaired) electrons. The van der Waals surface area contributed by atoms with Gasteiger partial charge in [0.05, 0.1) is 6.61 Å². The van der Waals surface area contributed by atoms with Gasteiger partial charge < -0.3 is 25.0 Å². The Kier molecular flexibility index (Phi) is 7.04. The van der Waals surface area contributed by atoms with E-state index in [1.807, 2.05) is 6.92 Å². The Balaban J connectivity index is 1.39. The van der Waals surface area contributed by atoms with E-state index in [2.05, 4.69) is 15.6 Å². The van der Waals surface area contributed by atoms with Crippen LogP contribution < -0.4 is 20.3 Å². The first-order valence-corrected chi connectivity index (χ1v) is 10.8. The Labute approximate surface area is 185 Å². The number of nitrogens with one attached hydrogen (secondary N) is 2. The largest absolute Gasteiger partial charge is 0.467 e. The van der Waals surface area contributed by atoms with Crippen molar-refractivity contribution in [2.75, 3.05) is 37.9 Å². The lowest BCUT2D eigenvalue weighted by molar-refractivity contribution is -0.0172. The summed E-state index contributed by atoms with van der Waals surface area (Å²) in [6.45, 7) is 4.54. The number of rotatable bonds is 6. The van der Waals surface area contributed by atoms with E-state index >= 15 is 0 Å². The van der Waals surface area contributed by atoms with Crippen molar-refractivity contribution < 1.29 is 22.6 Å². The number of aliphatic imine (C=N–C) groups is 1. The van der Waals surface area contributed by atoms with E-state index in [1.54, 1.807) is 4.90 Å². The van der Waals surface area contributed by atoms with Gasteiger partial charge in [0, 0.05) is 37.8 Å². The highest BCUT2D eigenvalue weighted by Crippen LogP contribution is 2.30. The highest BCUT2D eigenvalue weighted by Gasteiger charge is 2.27. The summed E-state index contributed by atoms with van der Waals surface area (Å²) in [7, 11) is 0. The molecule has 0 saturated carbocycles. The minimum absolute atomic E-state index is 0.00535. The number of benzene rings is 2. The zero-order chi connectivity index (χ0) is 22.5. The zero-order valence-electron chi connectivity index (χ0n) is 18.0. The Hall–Kier alpha value is -2.94. The zero-order valence-corrected chi connectivity index (χ0v) is 18.0. The van der Waals surface area contributed by atoms with Gasteiger partial charge >= 0.3 is 0 Å². The van der Waals surface area contributed by atoms with Crippen LogP contribution in [0.4, 0.5) is 18.9 Å². The average Bonchev–Trinajstić information content (AvgIpc) is 3.21. The SMILES string of the molecule is CCNC(=NCCc1cc(F)cc2c1OCOC2)NC1CCN(c2c(F)cccc2F)C1. The standard InChI is InChI=1S/C23H27F3N4O2/c1-2-27-23(28-8-6-15-10-17(24)11-16-13-31-14-32-22(15)16)29-18-7-9-30(12-18)21-19(25)4-3-5-20(21)26/h3-5,10-11,18H,2,6-9,12-14H2,1H3,(H2,27,28,29). The van der Waals surface area contributed by atoms with E-state index in [9.17, 15) is 13.2 Å². The lowest BCUT2D eigenvalue weighted by Gasteiger charge is -2.21. The van der Waals surface area contributed by atoms with Crippen molar-refractivity contribution in [3.05, 3.63) is 58.9 Å². The molecule has 0 bridgehead atoms. The fourth-order valence-electron chi connectivity index (χ4n) is 4.12. The van der Waals surface area contributed by atoms with Crippen LogP contribution in [0.5, 0.6) is 5.75 Å². The first-order chi connectivity index (χ1) is 15.5. The lowest BCUT2D eigenvalue weighted by Crippen LogP contribution is -2.44. The van der Waals surface area contributed by atoms with Gasteiger partial charge in [0.15, 0.2) is 12.8 Å². The van der Waals surface area contributed by atoms with Gasteiger partial charge in [0.2, 0.25) is 0 Å². The summed E-state index contributed by atoms with van der Waals surface area (Å²) in [5.41, 5.74) is 1.47. The van der Waals surface area contributed by atoms with Gasteiger partial charge in [-0.15, -0.1) is 0 Å². The topological polar surface area (TPSA) is 58.1 Å². The third-order valence-electron chi connectivity index (χ3n) is 5.53. The second kappa shape index (κ2) is 10.1. The number of halogens is 3. The molecule has 2 aliphatic rings. The number of ether oxygens (including phenoxy) is 2. The lowest BCUT2D eigenvalue weighted by atomic mass is 10.1. The summed E-state index contributed by atoms with van der Waals surface area (Å²) in [4.78, 5) is 6.31. The van der Waals surface area contributed by atoms with Crippen LogP contribution in [0.3, 0.4) is 0 Å². The number of para-hydroxylation sites is 1. The smallest absolute Gasteiger partial charge is 0.191 e. The van der Waals surface area contributed by atoms with Crippen LogP contribution in [0.15, 0.2) is 35.3 Å². The highest BCUT2D eigenvalue weighted by molar-refractivity contribution is 5.80. The molecule has 1 atom stereocenters. The fraction of sp³-hybridized carbons (Fsp3) is 0.435. The van der Waals surface area contributed by atoms with E-state index in [-0.39, 0.29) is 24.3 Å². The predicted octanol–water partition coefficient (Wildman–Crippen LogP) is 3.35. The fourth-order valence-corrected chi connectivity index (χ4v) is 4.12. The van der Waals surface area contributed by atoms with Crippen molar-refractivity contribution in [1.82, 2.24) is 10.6 Å². The summed E-state index contributed by atoms with van der Waals surface area (Å²) >= 11 is 0. The Morgan fingerprint density at radius 1 is 1.22 bits per heavy atom. The van der Waals surface area contributed by atoms with Crippen molar-refractivity contribution in [3.63, 3.8) is 0 Å². The predicted molar refractivity (Wildman–Crippen MR) is 116 cm³/mol. The molecule has 2 N–H and O–H groups in total. The van der Waals surface area contributed by atoms with Crippen molar-refractivity contribution in [2.24, 2.45) is 4.99 Å². The van der Waals surface area contributed by atoms with Gasteiger partial charge in [-0.3, -0.25) is 4.99 Å². The molecule has 0 amide bonds. The van der Waals surface area contributed by atoms with Crippen LogP contribution in [0.2, 0.25) is 0 Å². The van der Waals surface area contributed by atoms with Gasteiger partial charge in [-0.1, -0.05) is 6.07 Å². The molecule has 0 spiro atoms. The molecule has 172 valence electrons. The van der Waals surface area contributed by atoms with Gasteiger partial charge in [-0.2, -0.15) is 0 Å². The van der Waals surface area contributed by atoms with E-state index in [1.165, 1.54) is 30.3 Å². The van der Waals surface area contributed by atoms with Gasteiger partial charge in [-0.25, -0.2) is 13.2 Å². The molecule has 1 saturated heterocycles. The average molecular weight is 448 g/mol. The maximum atomic E-state index is 14.1. The first-order valence-electron chi connectivity index (χ1n) is 10.8. The number of hydrogen-bond donors (Lipinski definition) is 2. The number of hydrogen-bond acceptors (Lipinski definition) is 4. The van der Waals surface area contributed by atoms with Crippen molar-refractivity contribution in [2.45, 2.75) is 32.4 Å². The molecule has 2 aromatic carbocycles. The summed E-state index contributed by atoms with van der Waals surface area (Å²) in [6, 6.07) is 6.80. The number of anilines is 1. The minimum Gasteiger partial charge on any atom is -0.467 e. The number of fused-ring (bicyclic) bond motifs is 1. The highest BCUT2D eigenvalue weighted by atomic mass is 19.1. The molecule has 4 rings (SSSR count). The Bertz CT molecular complexity index is 966. The molecule has 1 fully saturated rings. The quantitative estimate of drug-likeness (QED) is 0.525. The molecular weight excluding hydrogens is 421 g/mol. The normalized spacial score (nSPS) is 18.3. The summed E-state index contributed by atoms with van der Waals surface area (Å²) in [6.07, 6.45) is 1.23. The molecular formula is C23H27F3N4O2. The van der Waals surface area contributed by atoms with Crippen molar-refractivity contribution in [3.8, 4) is 5.75 Å². The molecule has 6 nitrogen and oxygen atoms in total. The minimum atomic E-state index is -0.558. The van der Waals surface area contributed by atoms with Crippen LogP contribution in [0, 0.1) is 17.5 Å². The first kappa shape index (κ1) is 22.3. The van der Waals surface area contributed by atoms with Crippen LogP contribution >= 0.6 is 0 Å². The van der Waals surface area contributed by atoms with Crippen molar-refractivity contribution >= 4 is 11.6 Å². The molecule has 32 heavy (non-hydrogen) atoms. The van der Waals surface area contributed by atoms with E-state index in [0.29, 0.717) is 56.5 Å². The van der Waals surface area contributed by atoms with Crippen LogP contribution in [-0.4, -0.2) is 45.0 Å². The monoisotopic (exact) mass is 448 g/mol. The van der Waals surface area contributed by atoms with E-state index < -0.39 is 11.6 Å². The van der Waals surface area contributed by atoms with Gasteiger partial charge in [0.1, 0.15) is 28.9 Å². The second-order valence-electron chi connectivity index (χ2n) is 7.82. The Morgan fingerprint density at radius 3 is 2.81 bits per heavy atom. The number of nitrogens with zero attached hydrogens (tertiary/aromatic N) is 2. The molecule has 2 aromatic rings. The Morgan fingerprint density at radius 2 is 2.03 bits per heavy atom. The molecule has 9 heteroatoms. The van der Waals surface area contributed by atoms with E-state index in [4.69, 9.17) is 9.47 Å². The van der Waals surface area contributed by atoms with Gasteiger partial charge in [-0.05, 0) is 49.6 Å². The summed E-state index contributed by atoms with van der Waals surface area (Å²) in [5, 5.41) is 6.54. The third-order valence-corrected chi connectivity index (χ3v) is 5.53. The van der Waals surface area contributed by atoms with E-state index in [0.717, 1.165) is 12.0 Å². The summed E-state index contributed by atoms with van der Waals surface area (Å²) in [5.74, 6) is -0.158. The van der Waals surface area contributed by atoms with Crippen molar-refractivity contribution in [1.29, 1.82) is 0 Å².